The summed E-state index contributed by atoms with van der Waals surface area (Å²) in [4.78, 5) is 11.4. The molecule has 0 radical (unpaired) electrons. The fourth-order valence-electron chi connectivity index (χ4n) is 7.60. The van der Waals surface area contributed by atoms with E-state index in [1.807, 2.05) is 0 Å². The van der Waals surface area contributed by atoms with Crippen LogP contribution in [0.4, 0.5) is 0 Å². The van der Waals surface area contributed by atoms with Crippen molar-refractivity contribution in [1.82, 2.24) is 0 Å². The van der Waals surface area contributed by atoms with Gasteiger partial charge in [0.05, 0.1) is 0 Å². The topological polar surface area (TPSA) is 26.3 Å². The Morgan fingerprint density at radius 1 is 0.966 bits per heavy atom. The molecule has 0 bridgehead atoms. The third-order valence-corrected chi connectivity index (χ3v) is 9.06. The minimum absolute atomic E-state index is 0.0926. The van der Waals surface area contributed by atoms with Gasteiger partial charge in [-0.1, -0.05) is 61.9 Å². The van der Waals surface area contributed by atoms with Gasteiger partial charge in [-0.25, -0.2) is 0 Å². The van der Waals surface area contributed by atoms with Crippen molar-refractivity contribution in [2.45, 2.75) is 71.8 Å². The van der Waals surface area contributed by atoms with E-state index in [9.17, 15) is 4.79 Å². The minimum atomic E-state index is -0.133. The van der Waals surface area contributed by atoms with Crippen LogP contribution in [0.25, 0.3) is 5.57 Å². The Hall–Kier alpha value is -1.83. The maximum atomic E-state index is 11.4. The Morgan fingerprint density at radius 2 is 1.72 bits per heavy atom. The molecule has 0 amide bonds. The van der Waals surface area contributed by atoms with Crippen molar-refractivity contribution in [3.63, 3.8) is 0 Å². The second kappa shape index (κ2) is 6.86. The number of fused-ring (bicyclic) bond motifs is 5. The zero-order valence-electron chi connectivity index (χ0n) is 18.1. The third kappa shape index (κ3) is 2.94. The van der Waals surface area contributed by atoms with Crippen LogP contribution in [0, 0.1) is 28.6 Å². The number of carbonyl (C=O) groups excluding carboxylic acids is 1. The van der Waals surface area contributed by atoms with Crippen molar-refractivity contribution in [2.24, 2.45) is 28.6 Å². The molecule has 0 spiro atoms. The molecule has 0 saturated heterocycles. The predicted octanol–water partition coefficient (Wildman–Crippen LogP) is 6.57. The lowest BCUT2D eigenvalue weighted by atomic mass is 9.47. The minimum Gasteiger partial charge on any atom is -0.462 e. The van der Waals surface area contributed by atoms with Crippen LogP contribution in [0.3, 0.4) is 0 Å². The Balaban J connectivity index is 1.41. The van der Waals surface area contributed by atoms with E-state index in [0.29, 0.717) is 10.8 Å². The summed E-state index contributed by atoms with van der Waals surface area (Å²) in [7, 11) is 0. The number of carbonyl (C=O) groups is 1. The molecule has 0 aliphatic heterocycles. The average Bonchev–Trinajstić information content (AvgIpc) is 3.06. The summed E-state index contributed by atoms with van der Waals surface area (Å²) in [5.74, 6) is 2.19. The molecule has 4 aliphatic carbocycles. The smallest absolute Gasteiger partial charge is 0.302 e. The van der Waals surface area contributed by atoms with Crippen LogP contribution in [0.2, 0.25) is 0 Å². The lowest BCUT2D eigenvalue weighted by Crippen LogP contribution is -2.50. The summed E-state index contributed by atoms with van der Waals surface area (Å²) in [5, 5.41) is 0. The van der Waals surface area contributed by atoms with Crippen molar-refractivity contribution < 1.29 is 9.53 Å². The van der Waals surface area contributed by atoms with Gasteiger partial charge in [0.1, 0.15) is 6.10 Å². The molecular formula is C27H34O2. The summed E-state index contributed by atoms with van der Waals surface area (Å²) in [6.45, 7) is 6.60. The Kier molecular flexibility index (Phi) is 4.53. The highest BCUT2D eigenvalue weighted by Gasteiger charge is 2.56. The number of allylic oxidation sites excluding steroid dienone is 3. The third-order valence-electron chi connectivity index (χ3n) is 9.06. The number of hydrogen-bond acceptors (Lipinski definition) is 2. The van der Waals surface area contributed by atoms with Gasteiger partial charge in [0.2, 0.25) is 0 Å². The molecule has 2 fully saturated rings. The van der Waals surface area contributed by atoms with Crippen LogP contribution in [0.1, 0.15) is 71.3 Å². The fraction of sp³-hybridized carbons (Fsp3) is 0.593. The highest BCUT2D eigenvalue weighted by Crippen LogP contribution is 2.66. The van der Waals surface area contributed by atoms with Crippen LogP contribution in [-0.4, -0.2) is 12.1 Å². The molecule has 0 N–H and O–H groups in total. The first-order chi connectivity index (χ1) is 13.9. The number of hydrogen-bond donors (Lipinski definition) is 0. The standard InChI is InChI=1S/C27H34O2/c1-18(28)29-21-13-15-26(2)20(17-21)9-10-22-24-12-11-23(19-7-5-4-6-8-19)27(24,3)16-14-25(22)26/h4-9,11,21-22,24-25H,10,12-17H2,1-3H3/t21-,22-,24-,25-,26-,27+/m0/s1. The van der Waals surface area contributed by atoms with Gasteiger partial charge < -0.3 is 4.74 Å². The van der Waals surface area contributed by atoms with E-state index in [-0.39, 0.29) is 12.1 Å². The van der Waals surface area contributed by atoms with Crippen LogP contribution in [-0.2, 0) is 9.53 Å². The molecule has 29 heavy (non-hydrogen) atoms. The molecule has 154 valence electrons. The summed E-state index contributed by atoms with van der Waals surface area (Å²) in [5.41, 5.74) is 5.22. The molecule has 2 saturated carbocycles. The van der Waals surface area contributed by atoms with Crippen molar-refractivity contribution in [2.75, 3.05) is 0 Å². The van der Waals surface area contributed by atoms with Gasteiger partial charge in [-0.2, -0.15) is 0 Å². The van der Waals surface area contributed by atoms with Crippen molar-refractivity contribution in [3.8, 4) is 0 Å². The second-order valence-corrected chi connectivity index (χ2v) is 10.4. The molecule has 6 atom stereocenters. The molecule has 2 heteroatoms. The summed E-state index contributed by atoms with van der Waals surface area (Å²) >= 11 is 0. The lowest BCUT2D eigenvalue weighted by Gasteiger charge is -2.57. The first-order valence-corrected chi connectivity index (χ1v) is 11.5. The predicted molar refractivity (Wildman–Crippen MR) is 117 cm³/mol. The van der Waals surface area contributed by atoms with Gasteiger partial charge in [0, 0.05) is 13.3 Å². The molecular weight excluding hydrogens is 356 g/mol. The monoisotopic (exact) mass is 390 g/mol. The van der Waals surface area contributed by atoms with Gasteiger partial charge >= 0.3 is 5.97 Å². The van der Waals surface area contributed by atoms with Crippen molar-refractivity contribution in [3.05, 3.63) is 53.6 Å². The molecule has 1 aromatic rings. The van der Waals surface area contributed by atoms with E-state index in [1.165, 1.54) is 37.7 Å². The Bertz CT molecular complexity index is 866. The van der Waals surface area contributed by atoms with E-state index in [0.717, 1.165) is 30.6 Å². The molecule has 1 aromatic carbocycles. The largest absolute Gasteiger partial charge is 0.462 e. The van der Waals surface area contributed by atoms with E-state index in [2.05, 4.69) is 56.3 Å². The Morgan fingerprint density at radius 3 is 2.48 bits per heavy atom. The number of benzene rings is 1. The number of rotatable bonds is 2. The lowest BCUT2D eigenvalue weighted by molar-refractivity contribution is -0.148. The van der Waals surface area contributed by atoms with E-state index < -0.39 is 0 Å². The van der Waals surface area contributed by atoms with E-state index >= 15 is 0 Å². The van der Waals surface area contributed by atoms with E-state index in [1.54, 1.807) is 18.1 Å². The number of ether oxygens (including phenoxy) is 1. The quantitative estimate of drug-likeness (QED) is 0.421. The van der Waals surface area contributed by atoms with Gasteiger partial charge in [-0.3, -0.25) is 4.79 Å². The second-order valence-electron chi connectivity index (χ2n) is 10.4. The van der Waals surface area contributed by atoms with Crippen molar-refractivity contribution in [1.29, 1.82) is 0 Å². The van der Waals surface area contributed by atoms with Gasteiger partial charge in [0.15, 0.2) is 0 Å². The summed E-state index contributed by atoms with van der Waals surface area (Å²) in [6, 6.07) is 11.1. The first kappa shape index (κ1) is 19.2. The average molecular weight is 391 g/mol. The molecule has 5 rings (SSSR count). The molecule has 2 nitrogen and oxygen atoms in total. The summed E-state index contributed by atoms with van der Waals surface area (Å²) < 4.78 is 5.58. The van der Waals surface area contributed by atoms with Gasteiger partial charge in [-0.15, -0.1) is 0 Å². The normalized spacial score (nSPS) is 40.8. The van der Waals surface area contributed by atoms with Crippen LogP contribution < -0.4 is 0 Å². The molecule has 4 aliphatic rings. The SMILES string of the molecule is CC(=O)O[C@H]1CC[C@@]2(C)C(=CC[C@@H]3[C@@H]2CC[C@]2(C)C(c4ccccc4)=CC[C@@H]32)C1. The van der Waals surface area contributed by atoms with Crippen LogP contribution >= 0.6 is 0 Å². The maximum Gasteiger partial charge on any atom is 0.302 e. The highest BCUT2D eigenvalue weighted by molar-refractivity contribution is 5.73. The van der Waals surface area contributed by atoms with Crippen molar-refractivity contribution >= 4 is 11.5 Å². The van der Waals surface area contributed by atoms with Gasteiger partial charge in [0.25, 0.3) is 0 Å². The zero-order chi connectivity index (χ0) is 20.2. The summed E-state index contributed by atoms with van der Waals surface area (Å²) in [6.07, 6.45) is 13.4. The van der Waals surface area contributed by atoms with E-state index in [4.69, 9.17) is 4.74 Å². The van der Waals surface area contributed by atoms with Crippen LogP contribution in [0.5, 0.6) is 0 Å². The van der Waals surface area contributed by atoms with Crippen LogP contribution in [0.15, 0.2) is 48.1 Å². The fourth-order valence-corrected chi connectivity index (χ4v) is 7.60. The molecule has 0 aromatic heterocycles. The zero-order valence-corrected chi connectivity index (χ0v) is 18.1. The number of esters is 1. The maximum absolute atomic E-state index is 11.4. The highest BCUT2D eigenvalue weighted by atomic mass is 16.5. The molecule has 0 heterocycles. The Labute approximate surface area is 175 Å². The first-order valence-electron chi connectivity index (χ1n) is 11.5. The molecule has 0 unspecified atom stereocenters. The van der Waals surface area contributed by atoms with Gasteiger partial charge in [-0.05, 0) is 78.2 Å².